The first-order valence-electron chi connectivity index (χ1n) is 4.37. The lowest BCUT2D eigenvalue weighted by molar-refractivity contribution is 0.441. The molecule has 11 heavy (non-hydrogen) atoms. The Morgan fingerprint density at radius 3 is 1.91 bits per heavy atom. The Kier molecular flexibility index (Phi) is 7.52. The molecule has 4 N–H and O–H groups in total. The van der Waals surface area contributed by atoms with Crippen molar-refractivity contribution < 1.29 is 0 Å². The lowest BCUT2D eigenvalue weighted by Crippen LogP contribution is -2.22. The summed E-state index contributed by atoms with van der Waals surface area (Å²) in [5, 5.41) is 0. The Bertz CT molecular complexity index is 85.6. The van der Waals surface area contributed by atoms with Crippen LogP contribution < -0.4 is 11.5 Å². The van der Waals surface area contributed by atoms with E-state index in [-0.39, 0.29) is 0 Å². The molecule has 0 aliphatic heterocycles. The summed E-state index contributed by atoms with van der Waals surface area (Å²) in [6, 6.07) is 0.536. The van der Waals surface area contributed by atoms with Gasteiger partial charge in [-0.2, -0.15) is 0 Å². The SMILES string of the molecule is C=CCN.NC1CCCCC1. The lowest BCUT2D eigenvalue weighted by Gasteiger charge is -2.15. The van der Waals surface area contributed by atoms with Crippen molar-refractivity contribution in [1.82, 2.24) is 0 Å². The third kappa shape index (κ3) is 7.56. The zero-order valence-electron chi connectivity index (χ0n) is 7.26. The van der Waals surface area contributed by atoms with Gasteiger partial charge in [0.15, 0.2) is 0 Å². The van der Waals surface area contributed by atoms with E-state index in [0.29, 0.717) is 12.6 Å². The van der Waals surface area contributed by atoms with E-state index in [4.69, 9.17) is 11.5 Å². The predicted octanol–water partition coefficient (Wildman–Crippen LogP) is 1.41. The van der Waals surface area contributed by atoms with Crippen molar-refractivity contribution in [1.29, 1.82) is 0 Å². The minimum atomic E-state index is 0.536. The molecule has 0 heterocycles. The van der Waals surface area contributed by atoms with Gasteiger partial charge in [-0.05, 0) is 12.8 Å². The summed E-state index contributed by atoms with van der Waals surface area (Å²) in [6.07, 6.45) is 8.32. The second-order valence-corrected chi connectivity index (χ2v) is 2.92. The Morgan fingerprint density at radius 2 is 1.73 bits per heavy atom. The van der Waals surface area contributed by atoms with E-state index in [1.165, 1.54) is 32.1 Å². The molecule has 0 bridgehead atoms. The number of rotatable bonds is 1. The molecule has 1 aliphatic carbocycles. The van der Waals surface area contributed by atoms with Gasteiger partial charge in [-0.3, -0.25) is 0 Å². The van der Waals surface area contributed by atoms with Gasteiger partial charge >= 0.3 is 0 Å². The van der Waals surface area contributed by atoms with Crippen LogP contribution in [0.25, 0.3) is 0 Å². The van der Waals surface area contributed by atoms with E-state index in [1.54, 1.807) is 6.08 Å². The molecule has 0 amide bonds. The first-order chi connectivity index (χ1) is 5.31. The number of hydrogen-bond donors (Lipinski definition) is 2. The van der Waals surface area contributed by atoms with Crippen LogP contribution in [0.2, 0.25) is 0 Å². The highest BCUT2D eigenvalue weighted by atomic mass is 14.6. The highest BCUT2D eigenvalue weighted by Gasteiger charge is 2.06. The zero-order valence-corrected chi connectivity index (χ0v) is 7.26. The molecule has 0 radical (unpaired) electrons. The smallest absolute Gasteiger partial charge is 0.0104 e. The molecule has 0 saturated heterocycles. The molecule has 0 unspecified atom stereocenters. The maximum absolute atomic E-state index is 5.63. The fourth-order valence-electron chi connectivity index (χ4n) is 1.13. The van der Waals surface area contributed by atoms with Crippen LogP contribution in [-0.2, 0) is 0 Å². The fraction of sp³-hybridized carbons (Fsp3) is 0.778. The minimum absolute atomic E-state index is 0.536. The largest absolute Gasteiger partial charge is 0.328 e. The van der Waals surface area contributed by atoms with Crippen molar-refractivity contribution in [2.24, 2.45) is 11.5 Å². The second-order valence-electron chi connectivity index (χ2n) is 2.92. The van der Waals surface area contributed by atoms with Crippen molar-refractivity contribution in [3.63, 3.8) is 0 Å². The summed E-state index contributed by atoms with van der Waals surface area (Å²) in [5.41, 5.74) is 10.5. The van der Waals surface area contributed by atoms with Crippen molar-refractivity contribution >= 4 is 0 Å². The Balaban J connectivity index is 0.000000218. The van der Waals surface area contributed by atoms with Crippen LogP contribution in [0, 0.1) is 0 Å². The van der Waals surface area contributed by atoms with Gasteiger partial charge in [-0.15, -0.1) is 6.58 Å². The van der Waals surface area contributed by atoms with E-state index in [0.717, 1.165) is 0 Å². The summed E-state index contributed by atoms with van der Waals surface area (Å²) in [4.78, 5) is 0. The Hall–Kier alpha value is -0.340. The molecule has 0 atom stereocenters. The van der Waals surface area contributed by atoms with E-state index in [2.05, 4.69) is 6.58 Å². The zero-order chi connectivity index (χ0) is 8.53. The number of nitrogens with two attached hydrogens (primary N) is 2. The van der Waals surface area contributed by atoms with Gasteiger partial charge < -0.3 is 11.5 Å². The maximum atomic E-state index is 5.63. The summed E-state index contributed by atoms with van der Waals surface area (Å²) in [7, 11) is 0. The quantitative estimate of drug-likeness (QED) is 0.564. The van der Waals surface area contributed by atoms with Gasteiger partial charge in [-0.25, -0.2) is 0 Å². The third-order valence-corrected chi connectivity index (χ3v) is 1.82. The predicted molar refractivity (Wildman–Crippen MR) is 50.3 cm³/mol. The molecule has 1 fully saturated rings. The average Bonchev–Trinajstić information content (AvgIpc) is 2.07. The highest BCUT2D eigenvalue weighted by Crippen LogP contribution is 2.14. The van der Waals surface area contributed by atoms with Crippen LogP contribution in [0.15, 0.2) is 12.7 Å². The molecule has 2 heteroatoms. The first-order valence-corrected chi connectivity index (χ1v) is 4.37. The minimum Gasteiger partial charge on any atom is -0.328 e. The van der Waals surface area contributed by atoms with Gasteiger partial charge in [-0.1, -0.05) is 25.3 Å². The molecule has 66 valence electrons. The topological polar surface area (TPSA) is 52.0 Å². The van der Waals surface area contributed by atoms with E-state index >= 15 is 0 Å². The van der Waals surface area contributed by atoms with E-state index in [9.17, 15) is 0 Å². The molecule has 1 saturated carbocycles. The van der Waals surface area contributed by atoms with E-state index < -0.39 is 0 Å². The molecule has 0 aromatic heterocycles. The van der Waals surface area contributed by atoms with Crippen molar-refractivity contribution in [3.05, 3.63) is 12.7 Å². The molecule has 2 nitrogen and oxygen atoms in total. The molecular weight excluding hydrogens is 136 g/mol. The normalized spacial score (nSPS) is 18.4. The van der Waals surface area contributed by atoms with Crippen LogP contribution in [0.4, 0.5) is 0 Å². The van der Waals surface area contributed by atoms with Gasteiger partial charge in [0.2, 0.25) is 0 Å². The van der Waals surface area contributed by atoms with Crippen molar-refractivity contribution in [2.45, 2.75) is 38.1 Å². The van der Waals surface area contributed by atoms with Crippen LogP contribution in [0.5, 0.6) is 0 Å². The van der Waals surface area contributed by atoms with Gasteiger partial charge in [0.25, 0.3) is 0 Å². The lowest BCUT2D eigenvalue weighted by atomic mass is 9.97. The highest BCUT2D eigenvalue weighted by molar-refractivity contribution is 4.66. The van der Waals surface area contributed by atoms with Crippen LogP contribution in [0.1, 0.15) is 32.1 Å². The van der Waals surface area contributed by atoms with Crippen LogP contribution in [0.3, 0.4) is 0 Å². The Labute approximate surface area is 69.6 Å². The summed E-state index contributed by atoms with van der Waals surface area (Å²) in [6.45, 7) is 3.94. The Morgan fingerprint density at radius 1 is 1.27 bits per heavy atom. The average molecular weight is 156 g/mol. The molecule has 0 spiro atoms. The van der Waals surface area contributed by atoms with Crippen molar-refractivity contribution in [2.75, 3.05) is 6.54 Å². The molecular formula is C9H20N2. The van der Waals surface area contributed by atoms with Crippen LogP contribution in [-0.4, -0.2) is 12.6 Å². The number of hydrogen-bond acceptors (Lipinski definition) is 2. The fourth-order valence-corrected chi connectivity index (χ4v) is 1.13. The molecule has 1 aliphatic rings. The van der Waals surface area contributed by atoms with E-state index in [1.807, 2.05) is 0 Å². The third-order valence-electron chi connectivity index (χ3n) is 1.82. The molecule has 1 rings (SSSR count). The maximum Gasteiger partial charge on any atom is 0.0104 e. The summed E-state index contributed by atoms with van der Waals surface area (Å²) >= 11 is 0. The second kappa shape index (κ2) is 7.76. The molecule has 0 aromatic rings. The first kappa shape index (κ1) is 10.7. The summed E-state index contributed by atoms with van der Waals surface area (Å²) < 4.78 is 0. The summed E-state index contributed by atoms with van der Waals surface area (Å²) in [5.74, 6) is 0. The monoisotopic (exact) mass is 156 g/mol. The van der Waals surface area contributed by atoms with Crippen molar-refractivity contribution in [3.8, 4) is 0 Å². The van der Waals surface area contributed by atoms with Crippen LogP contribution >= 0.6 is 0 Å². The standard InChI is InChI=1S/C6H13N.C3H7N/c7-6-4-2-1-3-5-6;1-2-3-4/h6H,1-5,7H2;2H,1,3-4H2. The van der Waals surface area contributed by atoms with Gasteiger partial charge in [0, 0.05) is 12.6 Å². The molecule has 0 aromatic carbocycles. The van der Waals surface area contributed by atoms with Gasteiger partial charge in [0.05, 0.1) is 0 Å². The van der Waals surface area contributed by atoms with Gasteiger partial charge in [0.1, 0.15) is 0 Å².